The Balaban J connectivity index is 1.43. The van der Waals surface area contributed by atoms with Crippen LogP contribution >= 0.6 is 0 Å². The summed E-state index contributed by atoms with van der Waals surface area (Å²) in [5.41, 5.74) is 4.91. The van der Waals surface area contributed by atoms with Gasteiger partial charge < -0.3 is 9.30 Å². The molecule has 5 heteroatoms. The summed E-state index contributed by atoms with van der Waals surface area (Å²) in [4.78, 5) is 20.1. The molecule has 0 amide bonds. The summed E-state index contributed by atoms with van der Waals surface area (Å²) in [5.74, 6) is -0.0645. The minimum absolute atomic E-state index is 0.0645. The quantitative estimate of drug-likeness (QED) is 0.428. The van der Waals surface area contributed by atoms with Gasteiger partial charge in [-0.25, -0.2) is 4.98 Å². The highest BCUT2D eigenvalue weighted by Gasteiger charge is 2.32. The van der Waals surface area contributed by atoms with Crippen LogP contribution < -0.4 is 0 Å². The Labute approximate surface area is 180 Å². The van der Waals surface area contributed by atoms with E-state index in [2.05, 4.69) is 40.7 Å². The monoisotopic (exact) mass is 409 g/mol. The molecule has 2 aliphatic heterocycles. The standard InChI is InChI=1S/C25H35N3O2/c1-2-3-4-5-10-17-30-25(29)24(27-15-8-9-16-27)18-21-23-14-13-20-11-6-7-12-22(20)28(23)19-26-21/h6-7,11-12,19,24H,2-5,8-10,13-18H2,1H3/t24-/m0/s1. The number of unbranched alkanes of at least 4 members (excludes halogenated alkanes) is 4. The van der Waals surface area contributed by atoms with E-state index in [9.17, 15) is 4.79 Å². The number of ether oxygens (including phenoxy) is 1. The van der Waals surface area contributed by atoms with Crippen LogP contribution in [0.4, 0.5) is 0 Å². The van der Waals surface area contributed by atoms with Gasteiger partial charge in [0.1, 0.15) is 6.04 Å². The number of carbonyl (C=O) groups is 1. The summed E-state index contributed by atoms with van der Waals surface area (Å²) in [5, 5.41) is 0. The molecule has 1 aromatic carbocycles. The molecule has 0 aliphatic carbocycles. The van der Waals surface area contributed by atoms with E-state index in [0.29, 0.717) is 13.0 Å². The molecule has 1 saturated heterocycles. The van der Waals surface area contributed by atoms with Crippen LogP contribution in [0.1, 0.15) is 68.8 Å². The van der Waals surface area contributed by atoms with Gasteiger partial charge in [-0.1, -0.05) is 50.8 Å². The first-order valence-electron chi connectivity index (χ1n) is 11.8. The summed E-state index contributed by atoms with van der Waals surface area (Å²) in [6.45, 7) is 4.72. The fourth-order valence-corrected chi connectivity index (χ4v) is 4.84. The number of aryl methyl sites for hydroxylation is 1. The first-order chi connectivity index (χ1) is 14.8. The van der Waals surface area contributed by atoms with E-state index in [0.717, 1.165) is 57.3 Å². The molecule has 0 saturated carbocycles. The lowest BCUT2D eigenvalue weighted by Gasteiger charge is -2.26. The van der Waals surface area contributed by atoms with E-state index < -0.39 is 0 Å². The third-order valence-electron chi connectivity index (χ3n) is 6.57. The van der Waals surface area contributed by atoms with Crippen molar-refractivity contribution in [3.8, 4) is 5.69 Å². The average molecular weight is 410 g/mol. The number of aromatic nitrogens is 2. The van der Waals surface area contributed by atoms with E-state index in [4.69, 9.17) is 9.72 Å². The molecule has 4 rings (SSSR count). The summed E-state index contributed by atoms with van der Waals surface area (Å²) in [6.07, 6.45) is 12.8. The number of hydrogen-bond donors (Lipinski definition) is 0. The molecule has 0 spiro atoms. The third-order valence-corrected chi connectivity index (χ3v) is 6.57. The predicted octanol–water partition coefficient (Wildman–Crippen LogP) is 4.49. The molecule has 0 unspecified atom stereocenters. The number of imidazole rings is 1. The molecule has 5 nitrogen and oxygen atoms in total. The van der Waals surface area contributed by atoms with Crippen molar-refractivity contribution in [2.24, 2.45) is 0 Å². The third kappa shape index (κ3) is 4.77. The van der Waals surface area contributed by atoms with Crippen LogP contribution in [0.3, 0.4) is 0 Å². The lowest BCUT2D eigenvalue weighted by molar-refractivity contribution is -0.149. The second-order valence-electron chi connectivity index (χ2n) is 8.68. The lowest BCUT2D eigenvalue weighted by Crippen LogP contribution is -2.42. The number of para-hydroxylation sites is 1. The molecule has 0 N–H and O–H groups in total. The van der Waals surface area contributed by atoms with Crippen molar-refractivity contribution in [3.63, 3.8) is 0 Å². The van der Waals surface area contributed by atoms with Crippen LogP contribution in [-0.2, 0) is 28.8 Å². The maximum absolute atomic E-state index is 13.0. The molecule has 3 heterocycles. The van der Waals surface area contributed by atoms with Gasteiger partial charge in [-0.05, 0) is 56.8 Å². The molecule has 1 atom stereocenters. The summed E-state index contributed by atoms with van der Waals surface area (Å²) in [7, 11) is 0. The predicted molar refractivity (Wildman–Crippen MR) is 119 cm³/mol. The summed E-state index contributed by atoms with van der Waals surface area (Å²) >= 11 is 0. The average Bonchev–Trinajstić information content (AvgIpc) is 3.44. The normalized spacial score (nSPS) is 16.8. The molecule has 162 valence electrons. The van der Waals surface area contributed by atoms with Crippen LogP contribution in [0, 0.1) is 0 Å². The summed E-state index contributed by atoms with van der Waals surface area (Å²) in [6, 6.07) is 8.33. The molecule has 2 aliphatic rings. The fraction of sp³-hybridized carbons (Fsp3) is 0.600. The highest BCUT2D eigenvalue weighted by molar-refractivity contribution is 5.76. The van der Waals surface area contributed by atoms with Crippen molar-refractivity contribution in [2.75, 3.05) is 19.7 Å². The highest BCUT2D eigenvalue weighted by atomic mass is 16.5. The zero-order valence-electron chi connectivity index (χ0n) is 18.3. The second-order valence-corrected chi connectivity index (χ2v) is 8.68. The number of carbonyl (C=O) groups excluding carboxylic acids is 1. The van der Waals surface area contributed by atoms with E-state index in [1.807, 2.05) is 6.33 Å². The van der Waals surface area contributed by atoms with Gasteiger partial charge in [-0.15, -0.1) is 0 Å². The number of esters is 1. The Bertz CT molecular complexity index is 839. The first kappa shape index (κ1) is 21.1. The van der Waals surface area contributed by atoms with Crippen molar-refractivity contribution in [2.45, 2.75) is 77.2 Å². The molecule has 2 aromatic rings. The second kappa shape index (κ2) is 10.3. The minimum atomic E-state index is -0.208. The van der Waals surface area contributed by atoms with Crippen molar-refractivity contribution >= 4 is 5.97 Å². The van der Waals surface area contributed by atoms with Crippen molar-refractivity contribution in [3.05, 3.63) is 47.5 Å². The lowest BCUT2D eigenvalue weighted by atomic mass is 9.98. The largest absolute Gasteiger partial charge is 0.465 e. The van der Waals surface area contributed by atoms with Crippen LogP contribution in [-0.4, -0.2) is 46.2 Å². The molecule has 1 aromatic heterocycles. The van der Waals surface area contributed by atoms with Crippen molar-refractivity contribution < 1.29 is 9.53 Å². The van der Waals surface area contributed by atoms with Crippen LogP contribution in [0.2, 0.25) is 0 Å². The molecular weight excluding hydrogens is 374 g/mol. The van der Waals surface area contributed by atoms with Crippen molar-refractivity contribution in [1.82, 2.24) is 14.5 Å². The number of nitrogens with zero attached hydrogens (tertiary/aromatic N) is 3. The number of rotatable bonds is 10. The zero-order chi connectivity index (χ0) is 20.8. The molecule has 0 bridgehead atoms. The first-order valence-corrected chi connectivity index (χ1v) is 11.8. The minimum Gasteiger partial charge on any atom is -0.465 e. The van der Waals surface area contributed by atoms with Gasteiger partial charge in [0, 0.05) is 17.8 Å². The van der Waals surface area contributed by atoms with Crippen LogP contribution in [0.25, 0.3) is 5.69 Å². The maximum atomic E-state index is 13.0. The zero-order valence-corrected chi connectivity index (χ0v) is 18.3. The van der Waals surface area contributed by atoms with Gasteiger partial charge in [0.25, 0.3) is 0 Å². The molecule has 30 heavy (non-hydrogen) atoms. The van der Waals surface area contributed by atoms with E-state index in [1.165, 1.54) is 36.2 Å². The molecule has 1 fully saturated rings. The van der Waals surface area contributed by atoms with Crippen LogP contribution in [0.15, 0.2) is 30.6 Å². The SMILES string of the molecule is CCCCCCCOC(=O)[C@H](Cc1ncn2c1CCc1ccccc1-2)N1CCCC1. The number of benzene rings is 1. The summed E-state index contributed by atoms with van der Waals surface area (Å²) < 4.78 is 7.95. The Morgan fingerprint density at radius 3 is 2.73 bits per heavy atom. The highest BCUT2D eigenvalue weighted by Crippen LogP contribution is 2.28. The Kier molecular flexibility index (Phi) is 7.21. The molecule has 0 radical (unpaired) electrons. The fourth-order valence-electron chi connectivity index (χ4n) is 4.84. The van der Waals surface area contributed by atoms with E-state index in [1.54, 1.807) is 0 Å². The number of likely N-dealkylation sites (tertiary alicyclic amines) is 1. The van der Waals surface area contributed by atoms with Gasteiger partial charge in [-0.2, -0.15) is 0 Å². The number of fused-ring (bicyclic) bond motifs is 3. The van der Waals surface area contributed by atoms with Crippen LogP contribution in [0.5, 0.6) is 0 Å². The van der Waals surface area contributed by atoms with Gasteiger partial charge in [0.05, 0.1) is 18.6 Å². The Hall–Kier alpha value is -2.14. The number of hydrogen-bond acceptors (Lipinski definition) is 4. The maximum Gasteiger partial charge on any atom is 0.323 e. The van der Waals surface area contributed by atoms with Gasteiger partial charge >= 0.3 is 5.97 Å². The van der Waals surface area contributed by atoms with Gasteiger partial charge in [0.15, 0.2) is 0 Å². The topological polar surface area (TPSA) is 47.4 Å². The van der Waals surface area contributed by atoms with E-state index >= 15 is 0 Å². The van der Waals surface area contributed by atoms with Gasteiger partial charge in [-0.3, -0.25) is 9.69 Å². The Morgan fingerprint density at radius 1 is 1.10 bits per heavy atom. The van der Waals surface area contributed by atoms with Gasteiger partial charge in [0.2, 0.25) is 0 Å². The molecular formula is C25H35N3O2. The van der Waals surface area contributed by atoms with E-state index in [-0.39, 0.29) is 12.0 Å². The van der Waals surface area contributed by atoms with Crippen molar-refractivity contribution in [1.29, 1.82) is 0 Å². The Morgan fingerprint density at radius 2 is 1.90 bits per heavy atom. The smallest absolute Gasteiger partial charge is 0.323 e.